The monoisotopic (exact) mass is 369 g/mol. The van der Waals surface area contributed by atoms with E-state index in [0.29, 0.717) is 12.5 Å². The molecule has 1 heterocycles. The number of piperazine rings is 1. The molecule has 26 heavy (non-hydrogen) atoms. The highest BCUT2D eigenvalue weighted by Gasteiger charge is 2.29. The van der Waals surface area contributed by atoms with Crippen LogP contribution in [-0.2, 0) is 14.3 Å². The molecule has 0 atom stereocenters. The number of esters is 1. The molecule has 0 bridgehead atoms. The minimum Gasteiger partial charge on any atom is -0.469 e. The predicted molar refractivity (Wildman–Crippen MR) is 100 cm³/mol. The van der Waals surface area contributed by atoms with Gasteiger partial charge in [-0.1, -0.05) is 0 Å². The summed E-state index contributed by atoms with van der Waals surface area (Å²) in [6.07, 6.45) is 4.41. The second-order valence-electron chi connectivity index (χ2n) is 8.36. The number of hydrogen-bond donors (Lipinski definition) is 1. The zero-order valence-electron chi connectivity index (χ0n) is 16.8. The molecular formula is C19H35N3O4. The summed E-state index contributed by atoms with van der Waals surface area (Å²) in [7, 11) is 1.44. The molecule has 7 nitrogen and oxygen atoms in total. The lowest BCUT2D eigenvalue weighted by molar-refractivity contribution is -0.141. The fourth-order valence-corrected chi connectivity index (χ4v) is 3.76. The van der Waals surface area contributed by atoms with Gasteiger partial charge in [-0.2, -0.15) is 0 Å². The van der Waals surface area contributed by atoms with Gasteiger partial charge in [0.1, 0.15) is 5.60 Å². The zero-order valence-corrected chi connectivity index (χ0v) is 16.8. The molecule has 1 amide bonds. The third-order valence-corrected chi connectivity index (χ3v) is 5.20. The molecule has 1 N–H and O–H groups in total. The van der Waals surface area contributed by atoms with Gasteiger partial charge in [0.25, 0.3) is 0 Å². The maximum atomic E-state index is 11.9. The van der Waals surface area contributed by atoms with Crippen molar-refractivity contribution in [3.8, 4) is 0 Å². The van der Waals surface area contributed by atoms with E-state index in [0.717, 1.165) is 58.4 Å². The van der Waals surface area contributed by atoms with Crippen LogP contribution in [0.4, 0.5) is 4.79 Å². The fourth-order valence-electron chi connectivity index (χ4n) is 3.76. The summed E-state index contributed by atoms with van der Waals surface area (Å²) in [6.45, 7) is 10.6. The molecule has 1 saturated heterocycles. The molecule has 0 aromatic heterocycles. The standard InChI is InChI=1S/C19H35N3O4/c1-19(2,3)26-18(24)20-15-5-7-16(8-6-15)22-13-11-21(12-14-22)10-9-17(23)25-4/h15-16H,5-14H2,1-4H3,(H,20,24). The molecule has 0 aromatic carbocycles. The van der Waals surface area contributed by atoms with Crippen LogP contribution in [0.3, 0.4) is 0 Å². The van der Waals surface area contributed by atoms with Gasteiger partial charge in [-0.3, -0.25) is 9.69 Å². The third kappa shape index (κ3) is 7.11. The zero-order chi connectivity index (χ0) is 19.2. The van der Waals surface area contributed by atoms with Crippen molar-refractivity contribution in [1.29, 1.82) is 0 Å². The quantitative estimate of drug-likeness (QED) is 0.748. The summed E-state index contributed by atoms with van der Waals surface area (Å²) in [4.78, 5) is 28.1. The number of amides is 1. The number of carbonyl (C=O) groups excluding carboxylic acids is 2. The van der Waals surface area contributed by atoms with Crippen molar-refractivity contribution in [3.05, 3.63) is 0 Å². The average molecular weight is 370 g/mol. The van der Waals surface area contributed by atoms with Crippen LogP contribution in [-0.4, -0.2) is 79.4 Å². The Morgan fingerprint density at radius 3 is 2.19 bits per heavy atom. The molecule has 2 rings (SSSR count). The summed E-state index contributed by atoms with van der Waals surface area (Å²) in [6, 6.07) is 0.830. The van der Waals surface area contributed by atoms with Crippen LogP contribution < -0.4 is 5.32 Å². The lowest BCUT2D eigenvalue weighted by atomic mass is 9.90. The van der Waals surface area contributed by atoms with Crippen molar-refractivity contribution in [2.45, 2.75) is 70.6 Å². The largest absolute Gasteiger partial charge is 0.469 e. The van der Waals surface area contributed by atoms with E-state index in [4.69, 9.17) is 9.47 Å². The summed E-state index contributed by atoms with van der Waals surface area (Å²) in [5.74, 6) is -0.136. The molecular weight excluding hydrogens is 334 g/mol. The number of nitrogens with one attached hydrogen (secondary N) is 1. The van der Waals surface area contributed by atoms with E-state index < -0.39 is 5.60 Å². The number of ether oxygens (including phenoxy) is 2. The molecule has 2 aliphatic rings. The number of rotatable bonds is 5. The molecule has 0 radical (unpaired) electrons. The average Bonchev–Trinajstić information content (AvgIpc) is 2.59. The first kappa shape index (κ1) is 21.0. The van der Waals surface area contributed by atoms with Gasteiger partial charge in [0, 0.05) is 44.8 Å². The van der Waals surface area contributed by atoms with E-state index in [2.05, 4.69) is 15.1 Å². The Labute approximate surface area is 157 Å². The third-order valence-electron chi connectivity index (χ3n) is 5.20. The molecule has 150 valence electrons. The van der Waals surface area contributed by atoms with Crippen molar-refractivity contribution < 1.29 is 19.1 Å². The molecule has 7 heteroatoms. The second-order valence-corrected chi connectivity index (χ2v) is 8.36. The van der Waals surface area contributed by atoms with E-state index in [1.807, 2.05) is 20.8 Å². The van der Waals surface area contributed by atoms with Crippen LogP contribution in [0.2, 0.25) is 0 Å². The predicted octanol–water partition coefficient (Wildman–Crippen LogP) is 2.00. The Morgan fingerprint density at radius 1 is 1.04 bits per heavy atom. The normalized spacial score (nSPS) is 25.5. The van der Waals surface area contributed by atoms with E-state index in [-0.39, 0.29) is 18.1 Å². The lowest BCUT2D eigenvalue weighted by Gasteiger charge is -2.42. The maximum absolute atomic E-state index is 11.9. The SMILES string of the molecule is COC(=O)CCN1CCN(C2CCC(NC(=O)OC(C)(C)C)CC2)CC1. The highest BCUT2D eigenvalue weighted by molar-refractivity contribution is 5.69. The number of alkyl carbamates (subject to hydrolysis) is 1. The molecule has 1 aliphatic carbocycles. The number of methoxy groups -OCH3 is 1. The fraction of sp³-hybridized carbons (Fsp3) is 0.895. The topological polar surface area (TPSA) is 71.1 Å². The maximum Gasteiger partial charge on any atom is 0.407 e. The van der Waals surface area contributed by atoms with Crippen LogP contribution in [0.1, 0.15) is 52.9 Å². The number of carbonyl (C=O) groups is 2. The number of hydrogen-bond acceptors (Lipinski definition) is 6. The van der Waals surface area contributed by atoms with Crippen LogP contribution >= 0.6 is 0 Å². The Kier molecular flexibility index (Phi) is 7.70. The van der Waals surface area contributed by atoms with Crippen molar-refractivity contribution in [1.82, 2.24) is 15.1 Å². The van der Waals surface area contributed by atoms with E-state index in [9.17, 15) is 9.59 Å². The first-order chi connectivity index (χ1) is 12.3. The molecule has 0 spiro atoms. The van der Waals surface area contributed by atoms with Gasteiger partial charge >= 0.3 is 12.1 Å². The van der Waals surface area contributed by atoms with Crippen molar-refractivity contribution in [3.63, 3.8) is 0 Å². The van der Waals surface area contributed by atoms with Gasteiger partial charge in [0.2, 0.25) is 0 Å². The summed E-state index contributed by atoms with van der Waals surface area (Å²) in [5, 5.41) is 3.01. The Bertz CT molecular complexity index is 462. The van der Waals surface area contributed by atoms with Gasteiger partial charge in [-0.25, -0.2) is 4.79 Å². The first-order valence-corrected chi connectivity index (χ1v) is 9.79. The van der Waals surface area contributed by atoms with E-state index in [1.54, 1.807) is 0 Å². The van der Waals surface area contributed by atoms with Crippen molar-refractivity contribution in [2.24, 2.45) is 0 Å². The lowest BCUT2D eigenvalue weighted by Crippen LogP contribution is -2.52. The summed E-state index contributed by atoms with van der Waals surface area (Å²) < 4.78 is 10.1. The molecule has 1 saturated carbocycles. The molecule has 1 aliphatic heterocycles. The van der Waals surface area contributed by atoms with Gasteiger partial charge < -0.3 is 19.7 Å². The Hall–Kier alpha value is -1.34. The second kappa shape index (κ2) is 9.55. The van der Waals surface area contributed by atoms with E-state index >= 15 is 0 Å². The van der Waals surface area contributed by atoms with Crippen molar-refractivity contribution >= 4 is 12.1 Å². The molecule has 0 unspecified atom stereocenters. The summed E-state index contributed by atoms with van der Waals surface area (Å²) >= 11 is 0. The molecule has 0 aromatic rings. The van der Waals surface area contributed by atoms with Gasteiger partial charge in [-0.15, -0.1) is 0 Å². The summed E-state index contributed by atoms with van der Waals surface area (Å²) in [5.41, 5.74) is -0.450. The van der Waals surface area contributed by atoms with E-state index in [1.165, 1.54) is 7.11 Å². The number of nitrogens with zero attached hydrogens (tertiary/aromatic N) is 2. The Morgan fingerprint density at radius 2 is 1.65 bits per heavy atom. The highest BCUT2D eigenvalue weighted by Crippen LogP contribution is 2.24. The van der Waals surface area contributed by atoms with Gasteiger partial charge in [0.15, 0.2) is 0 Å². The van der Waals surface area contributed by atoms with Crippen LogP contribution in [0.5, 0.6) is 0 Å². The van der Waals surface area contributed by atoms with Crippen molar-refractivity contribution in [2.75, 3.05) is 39.8 Å². The van der Waals surface area contributed by atoms with Gasteiger partial charge in [-0.05, 0) is 46.5 Å². The molecule has 2 fully saturated rings. The first-order valence-electron chi connectivity index (χ1n) is 9.79. The minimum atomic E-state index is -0.450. The smallest absolute Gasteiger partial charge is 0.407 e. The minimum absolute atomic E-state index is 0.136. The van der Waals surface area contributed by atoms with Crippen LogP contribution in [0, 0.1) is 0 Å². The van der Waals surface area contributed by atoms with Crippen LogP contribution in [0.15, 0.2) is 0 Å². The van der Waals surface area contributed by atoms with Crippen LogP contribution in [0.25, 0.3) is 0 Å². The highest BCUT2D eigenvalue weighted by atomic mass is 16.6. The van der Waals surface area contributed by atoms with Gasteiger partial charge in [0.05, 0.1) is 13.5 Å². The Balaban J connectivity index is 1.64.